The van der Waals surface area contributed by atoms with Crippen molar-refractivity contribution in [3.63, 3.8) is 0 Å². The molecule has 4 aromatic carbocycles. The summed E-state index contributed by atoms with van der Waals surface area (Å²) in [5, 5.41) is 42.4. The summed E-state index contributed by atoms with van der Waals surface area (Å²) in [7, 11) is 0. The normalized spacial score (nSPS) is 12.2. The van der Waals surface area contributed by atoms with E-state index in [0.717, 1.165) is 11.1 Å². The molecule has 0 fully saturated rings. The molecule has 1 aliphatic rings. The van der Waals surface area contributed by atoms with Crippen LogP contribution in [0.5, 0.6) is 51.7 Å². The van der Waals surface area contributed by atoms with Gasteiger partial charge in [-0.3, -0.25) is 0 Å². The van der Waals surface area contributed by atoms with Gasteiger partial charge >= 0.3 is 5.97 Å². The van der Waals surface area contributed by atoms with Gasteiger partial charge in [-0.2, -0.15) is 0 Å². The molecule has 0 unspecified atom stereocenters. The maximum atomic E-state index is 13.3. The molecule has 4 aromatic rings. The first kappa shape index (κ1) is 25.8. The van der Waals surface area contributed by atoms with Gasteiger partial charge in [-0.1, -0.05) is 0 Å². The molecule has 0 aliphatic carbocycles. The Balaban J connectivity index is 1.67. The number of phenols is 4. The first-order valence-electron chi connectivity index (χ1n) is 12.3. The highest BCUT2D eigenvalue weighted by Crippen LogP contribution is 2.49. The van der Waals surface area contributed by atoms with E-state index in [1.54, 1.807) is 52.0 Å². The maximum Gasteiger partial charge on any atom is 0.347 e. The summed E-state index contributed by atoms with van der Waals surface area (Å²) in [6.07, 6.45) is -0.0631. The van der Waals surface area contributed by atoms with Crippen LogP contribution >= 0.6 is 0 Å². The Morgan fingerprint density at radius 1 is 0.667 bits per heavy atom. The maximum absolute atomic E-state index is 13.3. The van der Waals surface area contributed by atoms with E-state index in [9.17, 15) is 25.2 Å². The van der Waals surface area contributed by atoms with Crippen molar-refractivity contribution < 1.29 is 39.4 Å². The van der Waals surface area contributed by atoms with Gasteiger partial charge in [0.1, 0.15) is 45.8 Å². The fraction of sp³-hybridized carbons (Fsp3) is 0.194. The van der Waals surface area contributed by atoms with Crippen molar-refractivity contribution in [2.45, 2.75) is 41.0 Å². The number of ether oxygens (including phenoxy) is 3. The molecule has 0 radical (unpaired) electrons. The lowest BCUT2D eigenvalue weighted by Crippen LogP contribution is -2.11. The van der Waals surface area contributed by atoms with Crippen molar-refractivity contribution in [2.75, 3.05) is 0 Å². The van der Waals surface area contributed by atoms with Crippen LogP contribution in [0.1, 0.15) is 49.3 Å². The summed E-state index contributed by atoms with van der Waals surface area (Å²) in [5.74, 6) is 0.167. The third-order valence-electron chi connectivity index (χ3n) is 6.75. The summed E-state index contributed by atoms with van der Waals surface area (Å²) in [4.78, 5) is 13.3. The molecule has 0 aromatic heterocycles. The summed E-state index contributed by atoms with van der Waals surface area (Å²) < 4.78 is 18.0. The Bertz CT molecular complexity index is 1650. The summed E-state index contributed by atoms with van der Waals surface area (Å²) >= 11 is 0. The van der Waals surface area contributed by atoms with E-state index >= 15 is 0 Å². The van der Waals surface area contributed by atoms with Crippen LogP contribution in [0.3, 0.4) is 0 Å². The van der Waals surface area contributed by atoms with Gasteiger partial charge in [-0.15, -0.1) is 0 Å². The van der Waals surface area contributed by atoms with Gasteiger partial charge in [-0.05, 0) is 93.3 Å². The van der Waals surface area contributed by atoms with E-state index < -0.39 is 5.97 Å². The van der Waals surface area contributed by atoms with Crippen molar-refractivity contribution in [3.05, 3.63) is 87.0 Å². The predicted molar refractivity (Wildman–Crippen MR) is 144 cm³/mol. The van der Waals surface area contributed by atoms with Crippen molar-refractivity contribution >= 4 is 5.97 Å². The Kier molecular flexibility index (Phi) is 6.26. The zero-order valence-electron chi connectivity index (χ0n) is 22.2. The molecule has 1 aliphatic heterocycles. The fourth-order valence-electron chi connectivity index (χ4n) is 4.81. The Labute approximate surface area is 225 Å². The fourth-order valence-corrected chi connectivity index (χ4v) is 4.81. The SMILES string of the molecule is Cc1cc(O)cc(Oc2cc(C)cc(O)c2Cc2c(O)cc(C)c3c2Oc2c(C)cc(O)c(C)c2OC3=O)c1. The molecular formula is C31H28O8. The zero-order chi connectivity index (χ0) is 28.2. The van der Waals surface area contributed by atoms with Gasteiger partial charge in [0.15, 0.2) is 11.5 Å². The lowest BCUT2D eigenvalue weighted by Gasteiger charge is -2.19. The van der Waals surface area contributed by atoms with Gasteiger partial charge in [0.05, 0.1) is 0 Å². The van der Waals surface area contributed by atoms with Gasteiger partial charge in [-0.25, -0.2) is 4.79 Å². The minimum atomic E-state index is -0.699. The molecule has 5 rings (SSSR count). The van der Waals surface area contributed by atoms with Gasteiger partial charge in [0.2, 0.25) is 0 Å². The minimum absolute atomic E-state index is 0.0344. The van der Waals surface area contributed by atoms with Gasteiger partial charge in [0.25, 0.3) is 0 Å². The van der Waals surface area contributed by atoms with Crippen LogP contribution in [-0.4, -0.2) is 26.4 Å². The number of benzene rings is 4. The highest BCUT2D eigenvalue weighted by Gasteiger charge is 2.32. The molecule has 0 spiro atoms. The minimum Gasteiger partial charge on any atom is -0.508 e. The molecule has 0 bridgehead atoms. The first-order chi connectivity index (χ1) is 18.4. The van der Waals surface area contributed by atoms with Crippen LogP contribution in [0.25, 0.3) is 0 Å². The van der Waals surface area contributed by atoms with Crippen molar-refractivity contribution in [1.82, 2.24) is 0 Å². The second-order valence-electron chi connectivity index (χ2n) is 9.93. The highest BCUT2D eigenvalue weighted by atomic mass is 16.6. The van der Waals surface area contributed by atoms with Crippen LogP contribution in [0.2, 0.25) is 0 Å². The molecule has 1 heterocycles. The molecule has 0 saturated heterocycles. The number of fused-ring (bicyclic) bond motifs is 2. The number of aromatic hydroxyl groups is 4. The van der Waals surface area contributed by atoms with Crippen LogP contribution in [-0.2, 0) is 6.42 Å². The van der Waals surface area contributed by atoms with E-state index in [1.807, 2.05) is 6.92 Å². The monoisotopic (exact) mass is 528 g/mol. The molecule has 8 nitrogen and oxygen atoms in total. The molecule has 4 N–H and O–H groups in total. The number of carbonyl (C=O) groups is 1. The standard InChI is InChI=1S/C31H28O8/c1-14-6-19(32)12-20(7-14)37-26-9-15(2)8-24(34)21(26)13-22-25(35)10-16(3)27-30(22)38-28-17(4)11-23(33)18(5)29(28)39-31(27)36/h6-12,32-35H,13H2,1-5H3. The van der Waals surface area contributed by atoms with Crippen LogP contribution in [0.4, 0.5) is 0 Å². The third-order valence-corrected chi connectivity index (χ3v) is 6.75. The number of hydrogen-bond donors (Lipinski definition) is 4. The molecule has 8 heteroatoms. The Morgan fingerprint density at radius 2 is 1.33 bits per heavy atom. The van der Waals surface area contributed by atoms with E-state index in [4.69, 9.17) is 14.2 Å². The second kappa shape index (κ2) is 9.47. The molecule has 200 valence electrons. The summed E-state index contributed by atoms with van der Waals surface area (Å²) in [6, 6.07) is 11.1. The van der Waals surface area contributed by atoms with Gasteiger partial charge < -0.3 is 34.6 Å². The van der Waals surface area contributed by atoms with Crippen molar-refractivity contribution in [1.29, 1.82) is 0 Å². The number of hydrogen-bond acceptors (Lipinski definition) is 8. The number of carbonyl (C=O) groups excluding carboxylic acids is 1. The largest absolute Gasteiger partial charge is 0.508 e. The van der Waals surface area contributed by atoms with E-state index in [-0.39, 0.29) is 57.8 Å². The lowest BCUT2D eigenvalue weighted by atomic mass is 9.95. The van der Waals surface area contributed by atoms with E-state index in [1.165, 1.54) is 18.2 Å². The van der Waals surface area contributed by atoms with E-state index in [2.05, 4.69) is 0 Å². The number of rotatable bonds is 4. The van der Waals surface area contributed by atoms with Crippen molar-refractivity contribution in [3.8, 4) is 51.7 Å². The highest BCUT2D eigenvalue weighted by molar-refractivity contribution is 5.98. The molecule has 0 amide bonds. The third kappa shape index (κ3) is 4.65. The summed E-state index contributed by atoms with van der Waals surface area (Å²) in [5.41, 5.74) is 3.51. The first-order valence-corrected chi connectivity index (χ1v) is 12.3. The summed E-state index contributed by atoms with van der Waals surface area (Å²) in [6.45, 7) is 8.60. The molecule has 0 atom stereocenters. The number of esters is 1. The second-order valence-corrected chi connectivity index (χ2v) is 9.93. The Hall–Kier alpha value is -4.85. The lowest BCUT2D eigenvalue weighted by molar-refractivity contribution is 0.0735. The van der Waals surface area contributed by atoms with E-state index in [0.29, 0.717) is 33.8 Å². The van der Waals surface area contributed by atoms with Crippen LogP contribution < -0.4 is 14.2 Å². The number of phenolic OH excluding ortho intramolecular Hbond substituents is 4. The van der Waals surface area contributed by atoms with Gasteiger partial charge in [0, 0.05) is 29.2 Å². The molecule has 39 heavy (non-hydrogen) atoms. The smallest absolute Gasteiger partial charge is 0.347 e. The average Bonchev–Trinajstić information content (AvgIpc) is 2.98. The van der Waals surface area contributed by atoms with Crippen LogP contribution in [0, 0.1) is 34.6 Å². The average molecular weight is 529 g/mol. The Morgan fingerprint density at radius 3 is 2.05 bits per heavy atom. The zero-order valence-corrected chi connectivity index (χ0v) is 22.2. The topological polar surface area (TPSA) is 126 Å². The molecular weight excluding hydrogens is 500 g/mol. The van der Waals surface area contributed by atoms with Crippen LogP contribution in [0.15, 0.2) is 42.5 Å². The molecule has 0 saturated carbocycles. The van der Waals surface area contributed by atoms with Crippen molar-refractivity contribution in [2.24, 2.45) is 0 Å². The predicted octanol–water partition coefficient (Wildman–Crippen LogP) is 6.76. The quantitative estimate of drug-likeness (QED) is 0.169. The number of aryl methyl sites for hydroxylation is 4.